The highest BCUT2D eigenvalue weighted by Crippen LogP contribution is 2.33. The molecular formula is C25H24FN7O2. The molecular weight excluding hydrogens is 449 g/mol. The maximum Gasteiger partial charge on any atom is 0.229 e. The number of aromatic amines is 1. The largest absolute Gasteiger partial charge is 0.443 e. The molecule has 0 spiro atoms. The lowest BCUT2D eigenvalue weighted by Crippen LogP contribution is -2.23. The summed E-state index contributed by atoms with van der Waals surface area (Å²) in [5.74, 6) is 0.588. The molecule has 10 heteroatoms. The van der Waals surface area contributed by atoms with Crippen molar-refractivity contribution in [3.05, 3.63) is 72.8 Å². The molecule has 0 fully saturated rings. The standard InChI is InChI=1S/C25H24FN7O2/c1-16-23(35-15-28-16)17-6-3-7-18(12-17)30-25-27-14-20(26)24(31-25)33(10-5-11-34-2)22-9-4-8-21-19(22)13-29-32-21/h3-4,6-9,12-15H,5,10-11H2,1-2H3,(H,29,32)(H,27,30,31). The van der Waals surface area contributed by atoms with E-state index >= 15 is 4.39 Å². The summed E-state index contributed by atoms with van der Waals surface area (Å²) in [6.45, 7) is 2.91. The van der Waals surface area contributed by atoms with Crippen LogP contribution in [0.4, 0.5) is 27.5 Å². The number of fused-ring (bicyclic) bond motifs is 1. The average Bonchev–Trinajstić information content (AvgIpc) is 3.52. The van der Waals surface area contributed by atoms with Gasteiger partial charge in [-0.05, 0) is 37.6 Å². The lowest BCUT2D eigenvalue weighted by atomic mass is 10.1. The number of H-pyrrole nitrogens is 1. The maximum atomic E-state index is 15.1. The summed E-state index contributed by atoms with van der Waals surface area (Å²) in [6.07, 6.45) is 4.99. The summed E-state index contributed by atoms with van der Waals surface area (Å²) in [6, 6.07) is 13.3. The van der Waals surface area contributed by atoms with Crippen molar-refractivity contribution < 1.29 is 13.5 Å². The van der Waals surface area contributed by atoms with Crippen LogP contribution in [0, 0.1) is 12.7 Å². The van der Waals surface area contributed by atoms with Crippen molar-refractivity contribution in [3.8, 4) is 11.3 Å². The Hall–Kier alpha value is -4.31. The molecule has 0 bridgehead atoms. The van der Waals surface area contributed by atoms with Crippen LogP contribution >= 0.6 is 0 Å². The lowest BCUT2D eigenvalue weighted by Gasteiger charge is -2.25. The minimum Gasteiger partial charge on any atom is -0.443 e. The number of aryl methyl sites for hydroxylation is 1. The molecule has 0 atom stereocenters. The summed E-state index contributed by atoms with van der Waals surface area (Å²) < 4.78 is 25.8. The molecule has 0 aliphatic carbocycles. The number of aromatic nitrogens is 5. The molecule has 178 valence electrons. The van der Waals surface area contributed by atoms with E-state index in [-0.39, 0.29) is 11.8 Å². The summed E-state index contributed by atoms with van der Waals surface area (Å²) in [5.41, 5.74) is 4.03. The fourth-order valence-corrected chi connectivity index (χ4v) is 3.95. The molecule has 35 heavy (non-hydrogen) atoms. The van der Waals surface area contributed by atoms with E-state index in [1.807, 2.05) is 54.3 Å². The Morgan fingerprint density at radius 2 is 2.03 bits per heavy atom. The summed E-state index contributed by atoms with van der Waals surface area (Å²) in [7, 11) is 1.64. The number of oxazole rings is 1. The van der Waals surface area contributed by atoms with Gasteiger partial charge in [-0.2, -0.15) is 10.1 Å². The van der Waals surface area contributed by atoms with E-state index in [0.717, 1.165) is 33.5 Å². The van der Waals surface area contributed by atoms with Crippen LogP contribution < -0.4 is 10.2 Å². The van der Waals surface area contributed by atoms with Gasteiger partial charge in [0.25, 0.3) is 0 Å². The number of hydrogen-bond acceptors (Lipinski definition) is 8. The van der Waals surface area contributed by atoms with Gasteiger partial charge in [0.2, 0.25) is 5.95 Å². The molecule has 0 saturated heterocycles. The highest BCUT2D eigenvalue weighted by atomic mass is 19.1. The second kappa shape index (κ2) is 9.90. The molecule has 0 unspecified atom stereocenters. The van der Waals surface area contributed by atoms with Crippen LogP contribution in [0.1, 0.15) is 12.1 Å². The third-order valence-electron chi connectivity index (χ3n) is 5.59. The molecule has 5 aromatic rings. The van der Waals surface area contributed by atoms with Crippen LogP contribution in [-0.2, 0) is 4.74 Å². The van der Waals surface area contributed by atoms with Gasteiger partial charge in [-0.1, -0.05) is 18.2 Å². The minimum atomic E-state index is -0.528. The van der Waals surface area contributed by atoms with Gasteiger partial charge in [-0.15, -0.1) is 0 Å². The SMILES string of the molecule is COCCCN(c1nc(Nc2cccc(-c3ocnc3C)c2)ncc1F)c1cccc2[nH]ncc12. The molecule has 3 heterocycles. The van der Waals surface area contributed by atoms with Gasteiger partial charge in [0.05, 0.1) is 29.3 Å². The normalized spacial score (nSPS) is 11.2. The number of anilines is 4. The Kier molecular flexibility index (Phi) is 6.36. The first-order valence-electron chi connectivity index (χ1n) is 11.1. The van der Waals surface area contributed by atoms with Gasteiger partial charge >= 0.3 is 0 Å². The van der Waals surface area contributed by atoms with Crippen LogP contribution in [-0.4, -0.2) is 45.4 Å². The third kappa shape index (κ3) is 4.69. The summed E-state index contributed by atoms with van der Waals surface area (Å²) >= 11 is 0. The van der Waals surface area contributed by atoms with Gasteiger partial charge < -0.3 is 19.4 Å². The fourth-order valence-electron chi connectivity index (χ4n) is 3.95. The molecule has 2 N–H and O–H groups in total. The van der Waals surface area contributed by atoms with Gasteiger partial charge in [0.15, 0.2) is 23.8 Å². The second-order valence-electron chi connectivity index (χ2n) is 7.94. The Labute approximate surface area is 201 Å². The predicted molar refractivity (Wildman–Crippen MR) is 132 cm³/mol. The average molecular weight is 474 g/mol. The lowest BCUT2D eigenvalue weighted by molar-refractivity contribution is 0.196. The van der Waals surface area contributed by atoms with E-state index in [9.17, 15) is 0 Å². The topological polar surface area (TPSA) is 105 Å². The molecule has 9 nitrogen and oxygen atoms in total. The van der Waals surface area contributed by atoms with Gasteiger partial charge in [-0.3, -0.25) is 5.10 Å². The minimum absolute atomic E-state index is 0.162. The van der Waals surface area contributed by atoms with Crippen molar-refractivity contribution in [1.29, 1.82) is 0 Å². The number of halogens is 1. The summed E-state index contributed by atoms with van der Waals surface area (Å²) in [5, 5.41) is 11.1. The Morgan fingerprint density at radius 1 is 1.14 bits per heavy atom. The quantitative estimate of drug-likeness (QED) is 0.275. The molecule has 2 aromatic carbocycles. The summed E-state index contributed by atoms with van der Waals surface area (Å²) in [4.78, 5) is 14.7. The number of hydrogen-bond donors (Lipinski definition) is 2. The van der Waals surface area contributed by atoms with Crippen molar-refractivity contribution >= 4 is 34.0 Å². The van der Waals surface area contributed by atoms with E-state index < -0.39 is 5.82 Å². The van der Waals surface area contributed by atoms with Crippen molar-refractivity contribution in [2.75, 3.05) is 30.5 Å². The zero-order valence-electron chi connectivity index (χ0n) is 19.3. The van der Waals surface area contributed by atoms with Crippen LogP contribution in [0.3, 0.4) is 0 Å². The zero-order valence-corrected chi connectivity index (χ0v) is 19.3. The highest BCUT2D eigenvalue weighted by Gasteiger charge is 2.20. The smallest absolute Gasteiger partial charge is 0.229 e. The Balaban J connectivity index is 1.49. The molecule has 5 rings (SSSR count). The number of benzene rings is 2. The molecule has 0 radical (unpaired) electrons. The molecule has 0 saturated carbocycles. The highest BCUT2D eigenvalue weighted by molar-refractivity contribution is 5.93. The Morgan fingerprint density at radius 3 is 2.86 bits per heavy atom. The first kappa shape index (κ1) is 22.5. The van der Waals surface area contributed by atoms with Gasteiger partial charge in [-0.25, -0.2) is 14.4 Å². The Bertz CT molecular complexity index is 1450. The number of ether oxygens (including phenoxy) is 1. The van der Waals surface area contributed by atoms with Crippen LogP contribution in [0.15, 0.2) is 65.7 Å². The van der Waals surface area contributed by atoms with E-state index in [1.54, 1.807) is 13.3 Å². The van der Waals surface area contributed by atoms with Crippen molar-refractivity contribution in [2.45, 2.75) is 13.3 Å². The van der Waals surface area contributed by atoms with Crippen molar-refractivity contribution in [3.63, 3.8) is 0 Å². The van der Waals surface area contributed by atoms with E-state index in [0.29, 0.717) is 25.3 Å². The first-order chi connectivity index (χ1) is 17.1. The molecule has 0 amide bonds. The second-order valence-corrected chi connectivity index (χ2v) is 7.94. The number of methoxy groups -OCH3 is 1. The van der Waals surface area contributed by atoms with Crippen LogP contribution in [0.5, 0.6) is 0 Å². The van der Waals surface area contributed by atoms with Crippen molar-refractivity contribution in [2.24, 2.45) is 0 Å². The van der Waals surface area contributed by atoms with Crippen LogP contribution in [0.25, 0.3) is 22.2 Å². The van der Waals surface area contributed by atoms with Crippen molar-refractivity contribution in [1.82, 2.24) is 25.1 Å². The molecule has 0 aliphatic rings. The number of nitrogens with zero attached hydrogens (tertiary/aromatic N) is 5. The maximum absolute atomic E-state index is 15.1. The number of rotatable bonds is 9. The van der Waals surface area contributed by atoms with Crippen LogP contribution in [0.2, 0.25) is 0 Å². The number of nitrogens with one attached hydrogen (secondary N) is 2. The van der Waals surface area contributed by atoms with Gasteiger partial charge in [0, 0.05) is 36.9 Å². The molecule has 3 aromatic heterocycles. The van der Waals surface area contributed by atoms with Gasteiger partial charge in [0.1, 0.15) is 0 Å². The first-order valence-corrected chi connectivity index (χ1v) is 11.1. The van der Waals surface area contributed by atoms with E-state index in [4.69, 9.17) is 9.15 Å². The van der Waals surface area contributed by atoms with E-state index in [2.05, 4.69) is 30.5 Å². The zero-order chi connectivity index (χ0) is 24.2. The molecule has 0 aliphatic heterocycles. The predicted octanol–water partition coefficient (Wildman–Crippen LogP) is 5.37. The monoisotopic (exact) mass is 473 g/mol. The third-order valence-corrected chi connectivity index (χ3v) is 5.59. The van der Waals surface area contributed by atoms with E-state index in [1.165, 1.54) is 12.6 Å². The fraction of sp³-hybridized carbons (Fsp3) is 0.200.